The maximum Gasteiger partial charge on any atom is 0.0642 e. The third kappa shape index (κ3) is 3.36. The highest BCUT2D eigenvalue weighted by Crippen LogP contribution is 2.46. The summed E-state index contributed by atoms with van der Waals surface area (Å²) >= 11 is 0. The number of hydrogen-bond donors (Lipinski definition) is 0. The van der Waals surface area contributed by atoms with Gasteiger partial charge in [-0.15, -0.1) is 0 Å². The molecule has 0 amide bonds. The van der Waals surface area contributed by atoms with Crippen LogP contribution in [-0.2, 0) is 0 Å². The van der Waals surface area contributed by atoms with E-state index in [1.165, 1.54) is 92.9 Å². The zero-order valence-electron chi connectivity index (χ0n) is 26.1. The van der Waals surface area contributed by atoms with Crippen LogP contribution in [0.3, 0.4) is 0 Å². The Bertz CT molecular complexity index is 3050. The lowest BCUT2D eigenvalue weighted by Gasteiger charge is -2.13. The van der Waals surface area contributed by atoms with E-state index in [0.29, 0.717) is 0 Å². The van der Waals surface area contributed by atoms with Crippen molar-refractivity contribution in [3.05, 3.63) is 170 Å². The van der Waals surface area contributed by atoms with Gasteiger partial charge in [-0.1, -0.05) is 133 Å². The van der Waals surface area contributed by atoms with E-state index in [4.69, 9.17) is 0 Å². The maximum atomic E-state index is 2.53. The van der Waals surface area contributed by atoms with Gasteiger partial charge in [0.25, 0.3) is 0 Å². The monoisotopic (exact) mass is 608 g/mol. The predicted octanol–water partition coefficient (Wildman–Crippen LogP) is 12.4. The third-order valence-corrected chi connectivity index (χ3v) is 10.4. The normalized spacial score (nSPS) is 12.2. The van der Waals surface area contributed by atoms with E-state index in [9.17, 15) is 0 Å². The van der Waals surface area contributed by atoms with Crippen LogP contribution in [0, 0.1) is 0 Å². The van der Waals surface area contributed by atoms with Crippen molar-refractivity contribution in [3.8, 4) is 27.9 Å². The quantitative estimate of drug-likeness (QED) is 0.189. The first-order valence-electron chi connectivity index (χ1n) is 16.6. The third-order valence-electron chi connectivity index (χ3n) is 10.4. The van der Waals surface area contributed by atoms with Crippen molar-refractivity contribution in [1.29, 1.82) is 0 Å². The average Bonchev–Trinajstić information content (AvgIpc) is 3.64. The van der Waals surface area contributed by atoms with Gasteiger partial charge in [0.15, 0.2) is 0 Å². The van der Waals surface area contributed by atoms with Crippen LogP contribution in [0.25, 0.3) is 98.6 Å². The molecule has 222 valence electrons. The Hall–Kier alpha value is -6.38. The smallest absolute Gasteiger partial charge is 0.0642 e. The fourth-order valence-electron chi connectivity index (χ4n) is 8.48. The van der Waals surface area contributed by atoms with Gasteiger partial charge >= 0.3 is 0 Å². The van der Waals surface area contributed by atoms with Gasteiger partial charge in [-0.2, -0.15) is 0 Å². The standard InChI is InChI=1S/C46H28N2/c1-2-12-29(13-3-1)33-17-6-7-18-34(33)31-15-10-16-32(28-31)47-40-23-11-21-37-36-20-8-9-22-39(36)48-41-26-24-30-14-4-5-19-35(30)43(41)38-25-27-42(47)45(44(37)40)46(38)48/h1-28H. The summed E-state index contributed by atoms with van der Waals surface area (Å²) in [5.74, 6) is 0. The van der Waals surface area contributed by atoms with Gasteiger partial charge in [-0.3, -0.25) is 0 Å². The molecule has 11 aromatic rings. The summed E-state index contributed by atoms with van der Waals surface area (Å²) < 4.78 is 5.02. The maximum absolute atomic E-state index is 2.53. The van der Waals surface area contributed by atoms with Crippen molar-refractivity contribution in [2.45, 2.75) is 0 Å². The molecule has 0 saturated heterocycles. The number of benzene rings is 8. The van der Waals surface area contributed by atoms with Gasteiger partial charge in [0, 0.05) is 32.6 Å². The van der Waals surface area contributed by atoms with Crippen LogP contribution in [0.5, 0.6) is 0 Å². The van der Waals surface area contributed by atoms with E-state index in [0.717, 1.165) is 5.69 Å². The first kappa shape index (κ1) is 25.8. The second-order valence-corrected chi connectivity index (χ2v) is 12.9. The molecule has 3 heterocycles. The first-order chi connectivity index (χ1) is 23.8. The SMILES string of the molecule is c1ccc(-c2ccccc2-c2cccc(-n3c4cccc5c6ccccc6n6c7ccc8ccccc8c7c7ccc3c(c54)c76)c2)cc1. The number of hydrogen-bond acceptors (Lipinski definition) is 0. The molecule has 0 bridgehead atoms. The summed E-state index contributed by atoms with van der Waals surface area (Å²) in [5.41, 5.74) is 12.3. The van der Waals surface area contributed by atoms with Crippen molar-refractivity contribution >= 4 is 70.7 Å². The topological polar surface area (TPSA) is 9.34 Å². The van der Waals surface area contributed by atoms with Crippen LogP contribution < -0.4 is 0 Å². The molecule has 0 aliphatic rings. The van der Waals surface area contributed by atoms with Gasteiger partial charge in [0.05, 0.1) is 27.6 Å². The van der Waals surface area contributed by atoms with Crippen molar-refractivity contribution < 1.29 is 0 Å². The predicted molar refractivity (Wildman–Crippen MR) is 204 cm³/mol. The Kier molecular flexibility index (Phi) is 5.14. The molecular weight excluding hydrogens is 581 g/mol. The van der Waals surface area contributed by atoms with Crippen LogP contribution in [0.2, 0.25) is 0 Å². The number of rotatable bonds is 3. The Morgan fingerprint density at radius 3 is 1.88 bits per heavy atom. The van der Waals surface area contributed by atoms with Gasteiger partial charge < -0.3 is 8.97 Å². The molecule has 0 unspecified atom stereocenters. The highest BCUT2D eigenvalue weighted by atomic mass is 15.0. The molecule has 0 fully saturated rings. The average molecular weight is 609 g/mol. The lowest BCUT2D eigenvalue weighted by molar-refractivity contribution is 1.18. The highest BCUT2D eigenvalue weighted by Gasteiger charge is 2.23. The largest absolute Gasteiger partial charge is 0.309 e. The van der Waals surface area contributed by atoms with E-state index in [1.54, 1.807) is 0 Å². The highest BCUT2D eigenvalue weighted by molar-refractivity contribution is 6.35. The van der Waals surface area contributed by atoms with Gasteiger partial charge in [0.1, 0.15) is 0 Å². The van der Waals surface area contributed by atoms with E-state index < -0.39 is 0 Å². The minimum Gasteiger partial charge on any atom is -0.309 e. The second kappa shape index (κ2) is 9.57. The molecular formula is C46H28N2. The summed E-state index contributed by atoms with van der Waals surface area (Å²) in [6.45, 7) is 0. The van der Waals surface area contributed by atoms with Gasteiger partial charge in [-0.05, 0) is 74.8 Å². The van der Waals surface area contributed by atoms with Crippen LogP contribution in [0.1, 0.15) is 0 Å². The van der Waals surface area contributed by atoms with Gasteiger partial charge in [0.2, 0.25) is 0 Å². The molecule has 48 heavy (non-hydrogen) atoms. The molecule has 0 saturated carbocycles. The number of aromatic nitrogens is 2. The number of fused-ring (bicyclic) bond motifs is 8. The van der Waals surface area contributed by atoms with Crippen LogP contribution >= 0.6 is 0 Å². The van der Waals surface area contributed by atoms with Crippen LogP contribution in [-0.4, -0.2) is 8.97 Å². The second-order valence-electron chi connectivity index (χ2n) is 12.9. The summed E-state index contributed by atoms with van der Waals surface area (Å²) in [5, 5.41) is 10.3. The van der Waals surface area contributed by atoms with Crippen molar-refractivity contribution in [3.63, 3.8) is 0 Å². The van der Waals surface area contributed by atoms with E-state index in [2.05, 4.69) is 179 Å². The number of para-hydroxylation sites is 1. The first-order valence-corrected chi connectivity index (χ1v) is 16.6. The molecule has 0 aliphatic carbocycles. The molecule has 0 radical (unpaired) electrons. The number of nitrogens with zero attached hydrogens (tertiary/aromatic N) is 2. The van der Waals surface area contributed by atoms with Crippen LogP contribution in [0.4, 0.5) is 0 Å². The minimum absolute atomic E-state index is 1.16. The molecule has 0 aliphatic heterocycles. The van der Waals surface area contributed by atoms with Crippen molar-refractivity contribution in [2.24, 2.45) is 0 Å². The molecule has 8 aromatic carbocycles. The lowest BCUT2D eigenvalue weighted by atomic mass is 9.94. The van der Waals surface area contributed by atoms with Crippen molar-refractivity contribution in [2.75, 3.05) is 0 Å². The van der Waals surface area contributed by atoms with Crippen molar-refractivity contribution in [1.82, 2.24) is 8.97 Å². The fourth-order valence-corrected chi connectivity index (χ4v) is 8.48. The zero-order chi connectivity index (χ0) is 31.3. The minimum atomic E-state index is 1.16. The van der Waals surface area contributed by atoms with E-state index in [1.807, 2.05) is 0 Å². The summed E-state index contributed by atoms with van der Waals surface area (Å²) in [4.78, 5) is 0. The Labute approximate surface area is 276 Å². The molecule has 2 heteroatoms. The van der Waals surface area contributed by atoms with E-state index >= 15 is 0 Å². The molecule has 0 atom stereocenters. The fraction of sp³-hybridized carbons (Fsp3) is 0. The van der Waals surface area contributed by atoms with Crippen LogP contribution in [0.15, 0.2) is 170 Å². The molecule has 3 aromatic heterocycles. The Morgan fingerprint density at radius 1 is 0.333 bits per heavy atom. The molecule has 0 spiro atoms. The summed E-state index contributed by atoms with van der Waals surface area (Å²) in [6.07, 6.45) is 0. The van der Waals surface area contributed by atoms with E-state index in [-0.39, 0.29) is 0 Å². The Morgan fingerprint density at radius 2 is 0.979 bits per heavy atom. The molecule has 11 rings (SSSR count). The zero-order valence-corrected chi connectivity index (χ0v) is 26.1. The summed E-state index contributed by atoms with van der Waals surface area (Å²) in [7, 11) is 0. The lowest BCUT2D eigenvalue weighted by Crippen LogP contribution is -1.95. The Balaban J connectivity index is 1.30. The molecule has 2 nitrogen and oxygen atoms in total. The molecule has 0 N–H and O–H groups in total. The van der Waals surface area contributed by atoms with Gasteiger partial charge in [-0.25, -0.2) is 0 Å². The summed E-state index contributed by atoms with van der Waals surface area (Å²) in [6, 6.07) is 62.4.